The third kappa shape index (κ3) is 16.9. The Labute approximate surface area is 283 Å². The lowest BCUT2D eigenvalue weighted by Gasteiger charge is -2.19. The summed E-state index contributed by atoms with van der Waals surface area (Å²) in [5.74, 6) is 0. The van der Waals surface area contributed by atoms with Crippen LogP contribution in [0.5, 0.6) is 0 Å². The average Bonchev–Trinajstić information content (AvgIpc) is 3.84. The van der Waals surface area contributed by atoms with Gasteiger partial charge in [0.25, 0.3) is 0 Å². The SMILES string of the molecule is CCCCCCCC[n+]1ccn(CCN(CCn2cc[n+](CCCCCCCC)c2)CCn2cc[n+](CCCCCCCC)c2)c1. The molecule has 7 nitrogen and oxygen atoms in total. The molecular formula is C39H72N7+3. The first kappa shape index (κ1) is 38.0. The number of unbranched alkanes of at least 4 members (excludes halogenated alkanes) is 15. The minimum atomic E-state index is 1.04. The fourth-order valence-electron chi connectivity index (χ4n) is 6.44. The lowest BCUT2D eigenvalue weighted by molar-refractivity contribution is -0.697. The van der Waals surface area contributed by atoms with Gasteiger partial charge in [0.1, 0.15) is 56.8 Å². The van der Waals surface area contributed by atoms with Crippen molar-refractivity contribution in [3.05, 3.63) is 56.2 Å². The molecule has 0 saturated carbocycles. The van der Waals surface area contributed by atoms with Crippen LogP contribution in [0.15, 0.2) is 56.2 Å². The van der Waals surface area contributed by atoms with E-state index in [1.807, 2.05) is 0 Å². The largest absolute Gasteiger partial charge is 0.292 e. The van der Waals surface area contributed by atoms with Crippen LogP contribution in [0.1, 0.15) is 136 Å². The highest BCUT2D eigenvalue weighted by Crippen LogP contribution is 2.07. The molecular weight excluding hydrogens is 566 g/mol. The molecule has 0 aliphatic heterocycles. The van der Waals surface area contributed by atoms with E-state index in [1.165, 1.54) is 116 Å². The Morgan fingerprint density at radius 1 is 0.391 bits per heavy atom. The van der Waals surface area contributed by atoms with E-state index in [0.717, 1.165) is 58.9 Å². The van der Waals surface area contributed by atoms with E-state index in [9.17, 15) is 0 Å². The summed E-state index contributed by atoms with van der Waals surface area (Å²) in [6.07, 6.45) is 44.9. The summed E-state index contributed by atoms with van der Waals surface area (Å²) in [6, 6.07) is 0. The van der Waals surface area contributed by atoms with E-state index < -0.39 is 0 Å². The van der Waals surface area contributed by atoms with E-state index in [2.05, 4.69) is 109 Å². The Kier molecular flexibility index (Phi) is 20.4. The Bertz CT molecular complexity index is 975. The van der Waals surface area contributed by atoms with Crippen LogP contribution < -0.4 is 13.7 Å². The van der Waals surface area contributed by atoms with Crippen LogP contribution in [0, 0.1) is 0 Å². The van der Waals surface area contributed by atoms with Gasteiger partial charge in [-0.15, -0.1) is 0 Å². The Hall–Kier alpha value is -2.41. The van der Waals surface area contributed by atoms with Gasteiger partial charge in [-0.1, -0.05) is 97.8 Å². The summed E-state index contributed by atoms with van der Waals surface area (Å²) in [5.41, 5.74) is 0. The summed E-state index contributed by atoms with van der Waals surface area (Å²) in [5, 5.41) is 0. The fourth-order valence-corrected chi connectivity index (χ4v) is 6.44. The fraction of sp³-hybridized carbons (Fsp3) is 0.769. The van der Waals surface area contributed by atoms with Crippen LogP contribution in [0.4, 0.5) is 0 Å². The predicted octanol–water partition coefficient (Wildman–Crippen LogP) is 7.74. The molecule has 46 heavy (non-hydrogen) atoms. The van der Waals surface area contributed by atoms with E-state index in [0.29, 0.717) is 0 Å². The van der Waals surface area contributed by atoms with Crippen LogP contribution in [0.3, 0.4) is 0 Å². The lowest BCUT2D eigenvalue weighted by atomic mass is 10.1. The minimum absolute atomic E-state index is 1.04. The molecule has 0 spiro atoms. The summed E-state index contributed by atoms with van der Waals surface area (Å²) >= 11 is 0. The van der Waals surface area contributed by atoms with E-state index in [4.69, 9.17) is 0 Å². The second-order valence-corrected chi connectivity index (χ2v) is 13.8. The molecule has 0 radical (unpaired) electrons. The van der Waals surface area contributed by atoms with Gasteiger partial charge in [0.15, 0.2) is 0 Å². The minimum Gasteiger partial charge on any atom is -0.292 e. The molecule has 3 aromatic heterocycles. The Morgan fingerprint density at radius 3 is 0.978 bits per heavy atom. The molecule has 0 aliphatic rings. The van der Waals surface area contributed by atoms with Crippen molar-refractivity contribution in [2.45, 2.75) is 176 Å². The van der Waals surface area contributed by atoms with E-state index in [1.54, 1.807) is 0 Å². The van der Waals surface area contributed by atoms with Crippen molar-refractivity contribution in [1.29, 1.82) is 0 Å². The van der Waals surface area contributed by atoms with Crippen molar-refractivity contribution in [3.8, 4) is 0 Å². The van der Waals surface area contributed by atoms with Gasteiger partial charge in [0, 0.05) is 19.6 Å². The third-order valence-corrected chi connectivity index (χ3v) is 9.57. The maximum absolute atomic E-state index is 2.66. The molecule has 0 fully saturated rings. The van der Waals surface area contributed by atoms with Crippen molar-refractivity contribution in [1.82, 2.24) is 18.6 Å². The van der Waals surface area contributed by atoms with Gasteiger partial charge in [-0.25, -0.2) is 27.4 Å². The molecule has 0 unspecified atom stereocenters. The number of imidazole rings is 3. The monoisotopic (exact) mass is 639 g/mol. The summed E-state index contributed by atoms with van der Waals surface area (Å²) in [4.78, 5) is 2.66. The number of rotatable bonds is 30. The number of aromatic nitrogens is 6. The molecule has 0 N–H and O–H groups in total. The Morgan fingerprint density at radius 2 is 0.674 bits per heavy atom. The second kappa shape index (κ2) is 24.7. The van der Waals surface area contributed by atoms with Crippen LogP contribution in [-0.2, 0) is 39.3 Å². The first-order valence-electron chi connectivity index (χ1n) is 19.6. The standard InChI is InChI=1S/C39H72N7/c1-4-7-10-13-16-19-22-41-31-34-44(37-41)28-25-40(26-29-45-35-32-42(38-45)23-20-17-14-11-8-5-2)27-30-46-36-33-43(39-46)24-21-18-15-12-9-6-3/h31-39H,4-30H2,1-3H3/q+3. The predicted molar refractivity (Wildman–Crippen MR) is 190 cm³/mol. The van der Waals surface area contributed by atoms with Gasteiger partial charge >= 0.3 is 0 Å². The first-order chi connectivity index (χ1) is 22.7. The molecule has 0 atom stereocenters. The van der Waals surface area contributed by atoms with Gasteiger partial charge in [-0.3, -0.25) is 4.90 Å². The van der Waals surface area contributed by atoms with Gasteiger partial charge < -0.3 is 0 Å². The van der Waals surface area contributed by atoms with Crippen molar-refractivity contribution >= 4 is 0 Å². The quantitative estimate of drug-likeness (QED) is 0.0543. The molecule has 3 aromatic rings. The topological polar surface area (TPSA) is 29.7 Å². The van der Waals surface area contributed by atoms with Crippen LogP contribution >= 0.6 is 0 Å². The maximum atomic E-state index is 2.66. The summed E-state index contributed by atoms with van der Waals surface area (Å²) in [7, 11) is 0. The number of hydrogen-bond acceptors (Lipinski definition) is 1. The summed E-state index contributed by atoms with van der Waals surface area (Å²) < 4.78 is 14.3. The zero-order chi connectivity index (χ0) is 32.5. The van der Waals surface area contributed by atoms with E-state index >= 15 is 0 Å². The van der Waals surface area contributed by atoms with Crippen molar-refractivity contribution in [3.63, 3.8) is 0 Å². The van der Waals surface area contributed by atoms with Gasteiger partial charge in [-0.05, 0) is 38.5 Å². The molecule has 0 aromatic carbocycles. The van der Waals surface area contributed by atoms with Crippen LogP contribution in [0.2, 0.25) is 0 Å². The van der Waals surface area contributed by atoms with Gasteiger partial charge in [0.05, 0.1) is 19.6 Å². The average molecular weight is 639 g/mol. The zero-order valence-corrected chi connectivity index (χ0v) is 30.4. The molecule has 0 saturated heterocycles. The number of aryl methyl sites for hydroxylation is 3. The molecule has 0 amide bonds. The third-order valence-electron chi connectivity index (χ3n) is 9.57. The van der Waals surface area contributed by atoms with Crippen LogP contribution in [-0.4, -0.2) is 38.2 Å². The maximum Gasteiger partial charge on any atom is 0.243 e. The van der Waals surface area contributed by atoms with E-state index in [-0.39, 0.29) is 0 Å². The van der Waals surface area contributed by atoms with Crippen LogP contribution in [0.25, 0.3) is 0 Å². The first-order valence-corrected chi connectivity index (χ1v) is 19.6. The molecule has 0 aliphatic carbocycles. The smallest absolute Gasteiger partial charge is 0.243 e. The highest BCUT2D eigenvalue weighted by atomic mass is 15.2. The van der Waals surface area contributed by atoms with Gasteiger partial charge in [0.2, 0.25) is 19.0 Å². The zero-order valence-electron chi connectivity index (χ0n) is 30.4. The normalized spacial score (nSPS) is 11.7. The Balaban J connectivity index is 1.46. The molecule has 3 heterocycles. The number of nitrogens with zero attached hydrogens (tertiary/aromatic N) is 7. The molecule has 3 rings (SSSR count). The van der Waals surface area contributed by atoms with Gasteiger partial charge in [-0.2, -0.15) is 0 Å². The summed E-state index contributed by atoms with van der Waals surface area (Å²) in [6.45, 7) is 16.6. The van der Waals surface area contributed by atoms with Crippen molar-refractivity contribution < 1.29 is 13.7 Å². The number of hydrogen-bond donors (Lipinski definition) is 0. The second-order valence-electron chi connectivity index (χ2n) is 13.8. The highest BCUT2D eigenvalue weighted by molar-refractivity contribution is 4.73. The molecule has 7 heteroatoms. The highest BCUT2D eigenvalue weighted by Gasteiger charge is 2.13. The van der Waals surface area contributed by atoms with Crippen molar-refractivity contribution in [2.24, 2.45) is 0 Å². The molecule has 0 bridgehead atoms. The lowest BCUT2D eigenvalue weighted by Crippen LogP contribution is -2.35. The van der Waals surface area contributed by atoms with Crippen molar-refractivity contribution in [2.75, 3.05) is 19.6 Å². The molecule has 260 valence electrons.